The zero-order valence-electron chi connectivity index (χ0n) is 18.5. The average molecular weight is 500 g/mol. The molecule has 4 aromatic rings. The number of nitrogens with zero attached hydrogens (tertiary/aromatic N) is 2. The van der Waals surface area contributed by atoms with E-state index in [0.717, 1.165) is 16.8 Å². The van der Waals surface area contributed by atoms with Crippen molar-refractivity contribution >= 4 is 44.2 Å². The summed E-state index contributed by atoms with van der Waals surface area (Å²) >= 11 is 0. The highest BCUT2D eigenvalue weighted by Crippen LogP contribution is 2.23. The molecule has 1 amide bonds. The van der Waals surface area contributed by atoms with E-state index in [1.54, 1.807) is 12.1 Å². The van der Waals surface area contributed by atoms with Gasteiger partial charge in [-0.1, -0.05) is 48.5 Å². The molecule has 178 valence electrons. The Labute approximate surface area is 206 Å². The second kappa shape index (κ2) is 10.1. The molecule has 0 atom stereocenters. The van der Waals surface area contributed by atoms with Gasteiger partial charge in [-0.05, 0) is 52.7 Å². The van der Waals surface area contributed by atoms with Crippen molar-refractivity contribution in [2.75, 3.05) is 5.32 Å². The van der Waals surface area contributed by atoms with Crippen molar-refractivity contribution < 1.29 is 22.3 Å². The molecule has 0 aliphatic heterocycles. The summed E-state index contributed by atoms with van der Waals surface area (Å²) in [6.45, 7) is 0. The summed E-state index contributed by atoms with van der Waals surface area (Å²) < 4.78 is 30.0. The molecule has 0 saturated heterocycles. The normalized spacial score (nSPS) is 11.5. The molecule has 36 heavy (non-hydrogen) atoms. The van der Waals surface area contributed by atoms with Crippen molar-refractivity contribution in [3.63, 3.8) is 0 Å². The Morgan fingerprint density at radius 2 is 1.67 bits per heavy atom. The number of benzene rings is 4. The fourth-order valence-electron chi connectivity index (χ4n) is 3.33. The van der Waals surface area contributed by atoms with Gasteiger partial charge in [0.1, 0.15) is 22.3 Å². The van der Waals surface area contributed by atoms with Crippen LogP contribution in [0.5, 0.6) is 5.75 Å². The summed E-state index contributed by atoms with van der Waals surface area (Å²) in [5.41, 5.74) is 0.461. The third kappa shape index (κ3) is 5.55. The Morgan fingerprint density at radius 3 is 2.36 bits per heavy atom. The van der Waals surface area contributed by atoms with Crippen LogP contribution >= 0.6 is 0 Å². The largest absolute Gasteiger partial charge is 0.379 e. The molecule has 4 rings (SSSR count). The number of nitrogens with one attached hydrogen (secondary N) is 1. The summed E-state index contributed by atoms with van der Waals surface area (Å²) in [5, 5.41) is 25.0. The second-order valence-corrected chi connectivity index (χ2v) is 9.09. The number of anilines is 1. The standard InChI is InChI=1S/C26H17N3O6S/c27-17-21(26(30)28-22-11-10-19-4-1-2-5-20(19)15-22)14-18-8-12-24(13-9-18)35-36(33,34)25-7-3-6-23(16-25)29(31)32/h1-16H,(H,28,30)/b21-14+. The molecule has 0 unspecified atom stereocenters. The highest BCUT2D eigenvalue weighted by molar-refractivity contribution is 7.87. The molecule has 0 bridgehead atoms. The van der Waals surface area contributed by atoms with E-state index in [9.17, 15) is 28.6 Å². The van der Waals surface area contributed by atoms with Crippen LogP contribution < -0.4 is 9.50 Å². The monoisotopic (exact) mass is 499 g/mol. The van der Waals surface area contributed by atoms with Crippen molar-refractivity contribution in [3.8, 4) is 11.8 Å². The van der Waals surface area contributed by atoms with Crippen molar-refractivity contribution in [2.24, 2.45) is 0 Å². The fourth-order valence-corrected chi connectivity index (χ4v) is 4.30. The van der Waals surface area contributed by atoms with E-state index >= 15 is 0 Å². The molecule has 0 radical (unpaired) electrons. The van der Waals surface area contributed by atoms with Gasteiger partial charge in [-0.15, -0.1) is 0 Å². The maximum absolute atomic E-state index is 12.6. The smallest absolute Gasteiger partial charge is 0.339 e. The van der Waals surface area contributed by atoms with E-state index in [1.165, 1.54) is 48.5 Å². The molecule has 0 spiro atoms. The summed E-state index contributed by atoms with van der Waals surface area (Å²) in [4.78, 5) is 22.5. The predicted molar refractivity (Wildman–Crippen MR) is 134 cm³/mol. The minimum Gasteiger partial charge on any atom is -0.379 e. The quantitative estimate of drug-likeness (QED) is 0.123. The lowest BCUT2D eigenvalue weighted by Gasteiger charge is -2.08. The van der Waals surface area contributed by atoms with Gasteiger partial charge in [0, 0.05) is 17.8 Å². The molecule has 0 aromatic heterocycles. The summed E-state index contributed by atoms with van der Waals surface area (Å²) in [5.74, 6) is -0.640. The number of non-ortho nitro benzene ring substituents is 1. The minimum absolute atomic E-state index is 0.0437. The van der Waals surface area contributed by atoms with Gasteiger partial charge < -0.3 is 9.50 Å². The van der Waals surface area contributed by atoms with Crippen molar-refractivity contribution in [1.29, 1.82) is 5.26 Å². The van der Waals surface area contributed by atoms with Gasteiger partial charge in [-0.25, -0.2) is 0 Å². The molecule has 0 aliphatic carbocycles. The first-order valence-electron chi connectivity index (χ1n) is 10.5. The zero-order valence-corrected chi connectivity index (χ0v) is 19.3. The lowest BCUT2D eigenvalue weighted by atomic mass is 10.1. The number of nitro benzene ring substituents is 1. The number of rotatable bonds is 7. The maximum Gasteiger partial charge on any atom is 0.339 e. The van der Waals surface area contributed by atoms with Gasteiger partial charge in [0.25, 0.3) is 11.6 Å². The Morgan fingerprint density at radius 1 is 0.944 bits per heavy atom. The molecule has 9 nitrogen and oxygen atoms in total. The molecule has 0 fully saturated rings. The minimum atomic E-state index is -4.31. The molecular formula is C26H17N3O6S. The van der Waals surface area contributed by atoms with Gasteiger partial charge in [0.2, 0.25) is 0 Å². The summed E-state index contributed by atoms with van der Waals surface area (Å²) in [6.07, 6.45) is 1.36. The number of amides is 1. The topological polar surface area (TPSA) is 139 Å². The number of fused-ring (bicyclic) bond motifs is 1. The number of nitriles is 1. The first-order valence-corrected chi connectivity index (χ1v) is 11.9. The first kappa shape index (κ1) is 24.1. The number of hydrogen-bond donors (Lipinski definition) is 1. The molecule has 10 heteroatoms. The Balaban J connectivity index is 1.48. The van der Waals surface area contributed by atoms with Crippen LogP contribution in [0.4, 0.5) is 11.4 Å². The first-order chi connectivity index (χ1) is 17.2. The average Bonchev–Trinajstić information content (AvgIpc) is 2.88. The van der Waals surface area contributed by atoms with Crippen LogP contribution in [-0.4, -0.2) is 19.2 Å². The molecule has 0 saturated carbocycles. The van der Waals surface area contributed by atoms with Crippen LogP contribution in [-0.2, 0) is 14.9 Å². The van der Waals surface area contributed by atoms with E-state index in [-0.39, 0.29) is 21.9 Å². The van der Waals surface area contributed by atoms with E-state index in [2.05, 4.69) is 5.32 Å². The van der Waals surface area contributed by atoms with Gasteiger partial charge in [0.15, 0.2) is 0 Å². The highest BCUT2D eigenvalue weighted by Gasteiger charge is 2.20. The van der Waals surface area contributed by atoms with E-state index in [1.807, 2.05) is 36.4 Å². The Bertz CT molecular complexity index is 1660. The van der Waals surface area contributed by atoms with Crippen LogP contribution in [0.25, 0.3) is 16.8 Å². The number of carbonyl (C=O) groups excluding carboxylic acids is 1. The van der Waals surface area contributed by atoms with Gasteiger partial charge >= 0.3 is 10.1 Å². The zero-order chi connectivity index (χ0) is 25.7. The van der Waals surface area contributed by atoms with Gasteiger partial charge in [-0.3, -0.25) is 14.9 Å². The highest BCUT2D eigenvalue weighted by atomic mass is 32.2. The maximum atomic E-state index is 12.6. The van der Waals surface area contributed by atoms with Crippen LogP contribution in [0.2, 0.25) is 0 Å². The summed E-state index contributed by atoms with van der Waals surface area (Å²) in [6, 6.07) is 25.1. The molecule has 0 aliphatic rings. The van der Waals surface area contributed by atoms with Crippen LogP contribution in [0.3, 0.4) is 0 Å². The van der Waals surface area contributed by atoms with Gasteiger partial charge in [0.05, 0.1) is 4.92 Å². The Hall–Kier alpha value is -5.01. The van der Waals surface area contributed by atoms with Crippen molar-refractivity contribution in [2.45, 2.75) is 4.90 Å². The predicted octanol–water partition coefficient (Wildman–Crippen LogP) is 5.06. The molecule has 4 aromatic carbocycles. The number of nitro groups is 1. The van der Waals surface area contributed by atoms with Crippen LogP contribution in [0.1, 0.15) is 5.56 Å². The van der Waals surface area contributed by atoms with E-state index in [4.69, 9.17) is 4.18 Å². The van der Waals surface area contributed by atoms with Crippen molar-refractivity contribution in [1.82, 2.24) is 0 Å². The third-order valence-corrected chi connectivity index (χ3v) is 6.33. The lowest BCUT2D eigenvalue weighted by molar-refractivity contribution is -0.385. The number of hydrogen-bond acceptors (Lipinski definition) is 7. The second-order valence-electron chi connectivity index (χ2n) is 7.55. The molecule has 1 N–H and O–H groups in total. The van der Waals surface area contributed by atoms with Gasteiger partial charge in [-0.2, -0.15) is 13.7 Å². The lowest BCUT2D eigenvalue weighted by Crippen LogP contribution is -2.13. The van der Waals surface area contributed by atoms with Crippen LogP contribution in [0, 0.1) is 21.4 Å². The van der Waals surface area contributed by atoms with E-state index < -0.39 is 20.9 Å². The molecular weight excluding hydrogens is 482 g/mol. The fraction of sp³-hybridized carbons (Fsp3) is 0. The third-order valence-electron chi connectivity index (χ3n) is 5.09. The summed E-state index contributed by atoms with van der Waals surface area (Å²) in [7, 11) is -4.31. The SMILES string of the molecule is N#C/C(=C\c1ccc(OS(=O)(=O)c2cccc([N+](=O)[O-])c2)cc1)C(=O)Nc1ccc2ccccc2c1. The molecule has 0 heterocycles. The Kier molecular flexibility index (Phi) is 6.76. The van der Waals surface area contributed by atoms with Crippen LogP contribution in [0.15, 0.2) is 101 Å². The van der Waals surface area contributed by atoms with Crippen molar-refractivity contribution in [3.05, 3.63) is 112 Å². The van der Waals surface area contributed by atoms with E-state index in [0.29, 0.717) is 11.3 Å². The number of carbonyl (C=O) groups is 1.